The second-order valence-electron chi connectivity index (χ2n) is 4.21. The molecule has 0 aliphatic rings. The lowest BCUT2D eigenvalue weighted by molar-refractivity contribution is -0.149. The van der Waals surface area contributed by atoms with E-state index < -0.39 is 17.3 Å². The lowest BCUT2D eigenvalue weighted by Crippen LogP contribution is -2.42. The standard InChI is InChI=1S/C12H18N2O5/c1-4-12(5-2,11(16)17)7-13-10(15)8-6-9(18-3)14-19-8/h6H,4-5,7H2,1-3H3,(H,13,15)(H,16,17). The highest BCUT2D eigenvalue weighted by Gasteiger charge is 2.35. The van der Waals surface area contributed by atoms with E-state index in [9.17, 15) is 14.7 Å². The maximum Gasteiger partial charge on any atom is 0.311 e. The van der Waals surface area contributed by atoms with Gasteiger partial charge in [0.05, 0.1) is 18.6 Å². The van der Waals surface area contributed by atoms with Gasteiger partial charge in [0.25, 0.3) is 11.8 Å². The predicted molar refractivity (Wildman–Crippen MR) is 66.0 cm³/mol. The number of hydrogen-bond acceptors (Lipinski definition) is 5. The Labute approximate surface area is 110 Å². The summed E-state index contributed by atoms with van der Waals surface area (Å²) in [4.78, 5) is 23.1. The van der Waals surface area contributed by atoms with Gasteiger partial charge in [-0.15, -0.1) is 0 Å². The van der Waals surface area contributed by atoms with Crippen molar-refractivity contribution >= 4 is 11.9 Å². The van der Waals surface area contributed by atoms with Crippen LogP contribution >= 0.6 is 0 Å². The van der Waals surface area contributed by atoms with E-state index in [4.69, 9.17) is 9.26 Å². The molecule has 0 aromatic carbocycles. The highest BCUT2D eigenvalue weighted by atomic mass is 16.5. The van der Waals surface area contributed by atoms with E-state index in [0.717, 1.165) is 0 Å². The van der Waals surface area contributed by atoms with Crippen LogP contribution in [0.15, 0.2) is 10.6 Å². The molecular formula is C12H18N2O5. The first kappa shape index (κ1) is 15.0. The van der Waals surface area contributed by atoms with Crippen LogP contribution in [0, 0.1) is 5.41 Å². The van der Waals surface area contributed by atoms with Gasteiger partial charge in [-0.3, -0.25) is 9.59 Å². The summed E-state index contributed by atoms with van der Waals surface area (Å²) in [6.07, 6.45) is 0.859. The second kappa shape index (κ2) is 6.21. The smallest absolute Gasteiger partial charge is 0.311 e. The van der Waals surface area contributed by atoms with Crippen molar-refractivity contribution in [2.24, 2.45) is 5.41 Å². The van der Waals surface area contributed by atoms with Crippen LogP contribution in [-0.4, -0.2) is 35.8 Å². The van der Waals surface area contributed by atoms with Gasteiger partial charge in [-0.2, -0.15) is 0 Å². The van der Waals surface area contributed by atoms with Crippen molar-refractivity contribution in [1.29, 1.82) is 0 Å². The maximum atomic E-state index is 11.8. The van der Waals surface area contributed by atoms with Crippen LogP contribution in [0.2, 0.25) is 0 Å². The molecule has 1 amide bonds. The topological polar surface area (TPSA) is 102 Å². The van der Waals surface area contributed by atoms with Gasteiger partial charge >= 0.3 is 5.97 Å². The zero-order chi connectivity index (χ0) is 14.5. The number of nitrogens with zero attached hydrogens (tertiary/aromatic N) is 1. The summed E-state index contributed by atoms with van der Waals surface area (Å²) in [6.45, 7) is 3.60. The highest BCUT2D eigenvalue weighted by Crippen LogP contribution is 2.25. The first-order valence-corrected chi connectivity index (χ1v) is 6.01. The first-order valence-electron chi connectivity index (χ1n) is 6.01. The Morgan fingerprint density at radius 1 is 1.47 bits per heavy atom. The second-order valence-corrected chi connectivity index (χ2v) is 4.21. The van der Waals surface area contributed by atoms with E-state index in [1.807, 2.05) is 0 Å². The zero-order valence-electron chi connectivity index (χ0n) is 11.2. The molecule has 0 spiro atoms. The van der Waals surface area contributed by atoms with Crippen LogP contribution in [0.5, 0.6) is 5.88 Å². The average Bonchev–Trinajstić information content (AvgIpc) is 2.88. The third-order valence-corrected chi connectivity index (χ3v) is 3.32. The normalized spacial score (nSPS) is 11.1. The van der Waals surface area contributed by atoms with Crippen molar-refractivity contribution in [2.75, 3.05) is 13.7 Å². The fourth-order valence-electron chi connectivity index (χ4n) is 1.68. The average molecular weight is 270 g/mol. The van der Waals surface area contributed by atoms with Crippen molar-refractivity contribution in [3.05, 3.63) is 11.8 Å². The number of carboxylic acids is 1. The van der Waals surface area contributed by atoms with Crippen molar-refractivity contribution in [3.63, 3.8) is 0 Å². The summed E-state index contributed by atoms with van der Waals surface area (Å²) in [5.74, 6) is -1.25. The molecule has 1 heterocycles. The predicted octanol–water partition coefficient (Wildman–Crippen LogP) is 1.30. The molecular weight excluding hydrogens is 252 g/mol. The SMILES string of the molecule is CCC(CC)(CNC(=O)c1cc(OC)no1)C(=O)O. The summed E-state index contributed by atoms with van der Waals surface area (Å²) in [5, 5.41) is 15.3. The monoisotopic (exact) mass is 270 g/mol. The van der Waals surface area contributed by atoms with Gasteiger partial charge in [0.1, 0.15) is 0 Å². The third kappa shape index (κ3) is 3.24. The number of carbonyl (C=O) groups excluding carboxylic acids is 1. The zero-order valence-corrected chi connectivity index (χ0v) is 11.2. The number of rotatable bonds is 7. The van der Waals surface area contributed by atoms with Gasteiger partial charge < -0.3 is 19.7 Å². The summed E-state index contributed by atoms with van der Waals surface area (Å²) >= 11 is 0. The molecule has 1 aromatic rings. The molecule has 1 rings (SSSR count). The Hall–Kier alpha value is -2.05. The molecule has 0 atom stereocenters. The third-order valence-electron chi connectivity index (χ3n) is 3.32. The molecule has 0 bridgehead atoms. The molecule has 0 radical (unpaired) electrons. The number of carbonyl (C=O) groups is 2. The first-order chi connectivity index (χ1) is 8.99. The lowest BCUT2D eigenvalue weighted by Gasteiger charge is -2.26. The van der Waals surface area contributed by atoms with Gasteiger partial charge in [0.2, 0.25) is 5.76 Å². The molecule has 106 valence electrons. The van der Waals surface area contributed by atoms with E-state index in [1.54, 1.807) is 13.8 Å². The number of hydrogen-bond donors (Lipinski definition) is 2. The molecule has 0 aliphatic carbocycles. The molecule has 7 nitrogen and oxygen atoms in total. The van der Waals surface area contributed by atoms with Gasteiger partial charge in [-0.05, 0) is 18.0 Å². The minimum absolute atomic E-state index is 0.0108. The molecule has 2 N–H and O–H groups in total. The molecule has 0 fully saturated rings. The minimum atomic E-state index is -0.959. The summed E-state index contributed by atoms with van der Waals surface area (Å²) in [5.41, 5.74) is -0.959. The van der Waals surface area contributed by atoms with Gasteiger partial charge in [-0.25, -0.2) is 0 Å². The van der Waals surface area contributed by atoms with E-state index in [1.165, 1.54) is 13.2 Å². The number of aliphatic carboxylic acids is 1. The van der Waals surface area contributed by atoms with Crippen LogP contribution in [0.4, 0.5) is 0 Å². The van der Waals surface area contributed by atoms with Crippen molar-refractivity contribution < 1.29 is 24.0 Å². The van der Waals surface area contributed by atoms with Crippen LogP contribution in [-0.2, 0) is 4.79 Å². The summed E-state index contributed by atoms with van der Waals surface area (Å²) < 4.78 is 9.57. The number of aromatic nitrogens is 1. The maximum absolute atomic E-state index is 11.8. The van der Waals surface area contributed by atoms with Crippen LogP contribution in [0.25, 0.3) is 0 Å². The fourth-order valence-corrected chi connectivity index (χ4v) is 1.68. The van der Waals surface area contributed by atoms with Crippen LogP contribution < -0.4 is 10.1 Å². The number of nitrogens with one attached hydrogen (secondary N) is 1. The largest absolute Gasteiger partial charge is 0.481 e. The van der Waals surface area contributed by atoms with Crippen molar-refractivity contribution in [2.45, 2.75) is 26.7 Å². The lowest BCUT2D eigenvalue weighted by atomic mass is 9.82. The Balaban J connectivity index is 2.69. The quantitative estimate of drug-likeness (QED) is 0.774. The Morgan fingerprint density at radius 2 is 2.11 bits per heavy atom. The number of methoxy groups -OCH3 is 1. The number of amides is 1. The molecule has 0 saturated heterocycles. The van der Waals surface area contributed by atoms with Crippen molar-refractivity contribution in [3.8, 4) is 5.88 Å². The van der Waals surface area contributed by atoms with E-state index in [-0.39, 0.29) is 18.2 Å². The van der Waals surface area contributed by atoms with Crippen LogP contribution in [0.1, 0.15) is 37.2 Å². The van der Waals surface area contributed by atoms with Gasteiger partial charge in [-0.1, -0.05) is 13.8 Å². The molecule has 0 aliphatic heterocycles. The van der Waals surface area contributed by atoms with E-state index in [0.29, 0.717) is 12.8 Å². The minimum Gasteiger partial charge on any atom is -0.481 e. The van der Waals surface area contributed by atoms with E-state index >= 15 is 0 Å². The highest BCUT2D eigenvalue weighted by molar-refractivity contribution is 5.92. The van der Waals surface area contributed by atoms with Crippen LogP contribution in [0.3, 0.4) is 0 Å². The Kier molecular flexibility index (Phi) is 4.91. The Bertz CT molecular complexity index is 451. The van der Waals surface area contributed by atoms with E-state index in [2.05, 4.69) is 10.5 Å². The molecule has 0 saturated carbocycles. The molecule has 0 unspecified atom stereocenters. The summed E-state index contributed by atoms with van der Waals surface area (Å²) in [7, 11) is 1.41. The number of carboxylic acid groups (broad SMARTS) is 1. The van der Waals surface area contributed by atoms with Gasteiger partial charge in [0, 0.05) is 6.54 Å². The number of ether oxygens (including phenoxy) is 1. The Morgan fingerprint density at radius 3 is 2.53 bits per heavy atom. The molecule has 1 aromatic heterocycles. The fraction of sp³-hybridized carbons (Fsp3) is 0.583. The molecule has 7 heteroatoms. The molecule has 19 heavy (non-hydrogen) atoms. The van der Waals surface area contributed by atoms with Crippen molar-refractivity contribution in [1.82, 2.24) is 10.5 Å². The van der Waals surface area contributed by atoms with Gasteiger partial charge in [0.15, 0.2) is 0 Å². The summed E-state index contributed by atoms with van der Waals surface area (Å²) in [6, 6.07) is 1.34.